The van der Waals surface area contributed by atoms with Crippen molar-refractivity contribution in [1.82, 2.24) is 24.9 Å². The zero-order valence-corrected chi connectivity index (χ0v) is 15.0. The lowest BCUT2D eigenvalue weighted by Crippen LogP contribution is -2.36. The summed E-state index contributed by atoms with van der Waals surface area (Å²) in [4.78, 5) is 25.4. The van der Waals surface area contributed by atoms with E-state index in [0.717, 1.165) is 55.5 Å². The summed E-state index contributed by atoms with van der Waals surface area (Å²) in [7, 11) is 0. The van der Waals surface area contributed by atoms with E-state index >= 15 is 0 Å². The monoisotopic (exact) mass is 349 g/mol. The Morgan fingerprint density at radius 1 is 1.29 bits per heavy atom. The minimum atomic E-state index is 0.160. The van der Waals surface area contributed by atoms with Crippen molar-refractivity contribution in [3.63, 3.8) is 0 Å². The lowest BCUT2D eigenvalue weighted by Gasteiger charge is -2.21. The molecule has 0 atom stereocenters. The molecule has 3 rings (SSSR count). The van der Waals surface area contributed by atoms with E-state index in [9.17, 15) is 4.79 Å². The Hall–Kier alpha value is -1.80. The van der Waals surface area contributed by atoms with Crippen molar-refractivity contribution in [1.29, 1.82) is 0 Å². The van der Waals surface area contributed by atoms with Crippen LogP contribution in [0.3, 0.4) is 0 Å². The maximum Gasteiger partial charge on any atom is 0.240 e. The summed E-state index contributed by atoms with van der Waals surface area (Å²) < 4.78 is 5.26. The minimum absolute atomic E-state index is 0.160. The van der Waals surface area contributed by atoms with E-state index in [1.54, 1.807) is 11.3 Å². The average Bonchev–Trinajstić information content (AvgIpc) is 3.11. The second kappa shape index (κ2) is 7.85. The van der Waals surface area contributed by atoms with Crippen LogP contribution in [0.25, 0.3) is 0 Å². The van der Waals surface area contributed by atoms with E-state index in [-0.39, 0.29) is 5.91 Å². The summed E-state index contributed by atoms with van der Waals surface area (Å²) in [6.45, 7) is 7.91. The van der Waals surface area contributed by atoms with E-state index < -0.39 is 0 Å². The lowest BCUT2D eigenvalue weighted by atomic mass is 10.3. The first kappa shape index (κ1) is 17.0. The Morgan fingerprint density at radius 2 is 2.17 bits per heavy atom. The third-order valence-corrected chi connectivity index (χ3v) is 4.95. The Balaban J connectivity index is 1.51. The Kier molecular flexibility index (Phi) is 5.57. The highest BCUT2D eigenvalue weighted by Gasteiger charge is 2.21. The molecule has 24 heavy (non-hydrogen) atoms. The number of thiazole rings is 1. The summed E-state index contributed by atoms with van der Waals surface area (Å²) in [6.07, 6.45) is 2.13. The molecular formula is C16H23N5O2S. The van der Waals surface area contributed by atoms with Crippen LogP contribution in [0.2, 0.25) is 0 Å². The summed E-state index contributed by atoms with van der Waals surface area (Å²) >= 11 is 1.59. The Bertz CT molecular complexity index is 684. The van der Waals surface area contributed by atoms with Crippen molar-refractivity contribution in [2.45, 2.75) is 39.7 Å². The molecule has 0 N–H and O–H groups in total. The Labute approximate surface area is 145 Å². The van der Waals surface area contributed by atoms with Crippen LogP contribution in [0.5, 0.6) is 0 Å². The van der Waals surface area contributed by atoms with Crippen LogP contribution in [-0.4, -0.2) is 57.0 Å². The summed E-state index contributed by atoms with van der Waals surface area (Å²) in [6, 6.07) is 0. The van der Waals surface area contributed by atoms with E-state index in [4.69, 9.17) is 4.52 Å². The normalized spacial score (nSPS) is 16.3. The van der Waals surface area contributed by atoms with Crippen molar-refractivity contribution in [2.75, 3.05) is 26.2 Å². The van der Waals surface area contributed by atoms with Gasteiger partial charge < -0.3 is 9.42 Å². The van der Waals surface area contributed by atoms with Gasteiger partial charge in [-0.3, -0.25) is 9.69 Å². The molecule has 2 aromatic rings. The molecule has 0 aliphatic carbocycles. The largest absolute Gasteiger partial charge is 0.341 e. The maximum absolute atomic E-state index is 12.5. The summed E-state index contributed by atoms with van der Waals surface area (Å²) in [5.41, 5.74) is 0.876. The molecular weight excluding hydrogens is 326 g/mol. The van der Waals surface area contributed by atoms with Crippen molar-refractivity contribution in [3.8, 4) is 0 Å². The third kappa shape index (κ3) is 4.39. The van der Waals surface area contributed by atoms with Gasteiger partial charge in [-0.2, -0.15) is 4.98 Å². The SMILES string of the molecule is CCc1noc(CN2CCCN(C(=O)Cc3csc(C)n3)CC2)n1. The molecule has 0 spiro atoms. The van der Waals surface area contributed by atoms with Crippen molar-refractivity contribution in [3.05, 3.63) is 27.8 Å². The predicted molar refractivity (Wildman–Crippen MR) is 90.7 cm³/mol. The number of hydrogen-bond donors (Lipinski definition) is 0. The lowest BCUT2D eigenvalue weighted by molar-refractivity contribution is -0.130. The van der Waals surface area contributed by atoms with Gasteiger partial charge in [-0.1, -0.05) is 12.1 Å². The summed E-state index contributed by atoms with van der Waals surface area (Å²) in [5, 5.41) is 6.91. The molecule has 0 aromatic carbocycles. The maximum atomic E-state index is 12.5. The first-order valence-corrected chi connectivity index (χ1v) is 9.24. The number of aryl methyl sites for hydroxylation is 2. The van der Waals surface area contributed by atoms with Crippen molar-refractivity contribution in [2.24, 2.45) is 0 Å². The topological polar surface area (TPSA) is 75.4 Å². The average molecular weight is 349 g/mol. The van der Waals surface area contributed by atoms with Gasteiger partial charge in [-0.05, 0) is 13.3 Å². The number of carbonyl (C=O) groups is 1. The number of nitrogens with zero attached hydrogens (tertiary/aromatic N) is 5. The molecule has 8 heteroatoms. The van der Waals surface area contributed by atoms with Crippen molar-refractivity contribution >= 4 is 17.2 Å². The highest BCUT2D eigenvalue weighted by atomic mass is 32.1. The molecule has 1 saturated heterocycles. The molecule has 130 valence electrons. The van der Waals surface area contributed by atoms with E-state index in [1.807, 2.05) is 24.1 Å². The molecule has 1 aliphatic heterocycles. The molecule has 7 nitrogen and oxygen atoms in total. The molecule has 1 fully saturated rings. The van der Waals surface area contributed by atoms with Gasteiger partial charge in [-0.25, -0.2) is 4.98 Å². The van der Waals surface area contributed by atoms with Gasteiger partial charge in [0, 0.05) is 38.0 Å². The standard InChI is InChI=1S/C16H23N5O2S/c1-3-14-18-15(23-19-14)10-20-5-4-6-21(8-7-20)16(22)9-13-11-24-12(2)17-13/h11H,3-10H2,1-2H3. The molecule has 2 aromatic heterocycles. The first-order chi connectivity index (χ1) is 11.6. The van der Waals surface area contributed by atoms with Gasteiger partial charge in [0.05, 0.1) is 23.7 Å². The van der Waals surface area contributed by atoms with Crippen LogP contribution < -0.4 is 0 Å². The van der Waals surface area contributed by atoms with Gasteiger partial charge in [0.2, 0.25) is 11.8 Å². The number of rotatable bonds is 5. The fourth-order valence-electron chi connectivity index (χ4n) is 2.82. The molecule has 0 unspecified atom stereocenters. The Morgan fingerprint density at radius 3 is 2.88 bits per heavy atom. The van der Waals surface area contributed by atoms with Crippen LogP contribution in [0.1, 0.15) is 35.8 Å². The number of carbonyl (C=O) groups excluding carboxylic acids is 1. The molecule has 0 bridgehead atoms. The highest BCUT2D eigenvalue weighted by Crippen LogP contribution is 2.12. The molecule has 1 amide bonds. The zero-order chi connectivity index (χ0) is 16.9. The quantitative estimate of drug-likeness (QED) is 0.817. The fourth-order valence-corrected chi connectivity index (χ4v) is 3.44. The van der Waals surface area contributed by atoms with Gasteiger partial charge in [0.1, 0.15) is 0 Å². The van der Waals surface area contributed by atoms with Gasteiger partial charge in [-0.15, -0.1) is 11.3 Å². The van der Waals surface area contributed by atoms with E-state index in [0.29, 0.717) is 18.9 Å². The number of amides is 1. The molecule has 1 aliphatic rings. The zero-order valence-electron chi connectivity index (χ0n) is 14.2. The fraction of sp³-hybridized carbons (Fsp3) is 0.625. The van der Waals surface area contributed by atoms with Gasteiger partial charge in [0.15, 0.2) is 5.82 Å². The molecule has 0 radical (unpaired) electrons. The molecule has 0 saturated carbocycles. The second-order valence-corrected chi connectivity index (χ2v) is 7.07. The smallest absolute Gasteiger partial charge is 0.240 e. The van der Waals surface area contributed by atoms with Gasteiger partial charge >= 0.3 is 0 Å². The van der Waals surface area contributed by atoms with Crippen molar-refractivity contribution < 1.29 is 9.32 Å². The van der Waals surface area contributed by atoms with E-state index in [2.05, 4.69) is 20.0 Å². The summed E-state index contributed by atoms with van der Waals surface area (Å²) in [5.74, 6) is 1.56. The van der Waals surface area contributed by atoms with E-state index in [1.165, 1.54) is 0 Å². The van der Waals surface area contributed by atoms with Crippen LogP contribution in [-0.2, 0) is 24.2 Å². The third-order valence-electron chi connectivity index (χ3n) is 4.13. The van der Waals surface area contributed by atoms with Crippen LogP contribution >= 0.6 is 11.3 Å². The first-order valence-electron chi connectivity index (χ1n) is 8.36. The van der Waals surface area contributed by atoms with Crippen LogP contribution in [0, 0.1) is 6.92 Å². The molecule has 3 heterocycles. The van der Waals surface area contributed by atoms with Gasteiger partial charge in [0.25, 0.3) is 0 Å². The highest BCUT2D eigenvalue weighted by molar-refractivity contribution is 7.09. The minimum Gasteiger partial charge on any atom is -0.341 e. The second-order valence-electron chi connectivity index (χ2n) is 6.00. The number of hydrogen-bond acceptors (Lipinski definition) is 7. The van der Waals surface area contributed by atoms with Crippen LogP contribution in [0.15, 0.2) is 9.90 Å². The number of aromatic nitrogens is 3. The van der Waals surface area contributed by atoms with Crippen LogP contribution in [0.4, 0.5) is 0 Å². The predicted octanol–water partition coefficient (Wildman–Crippen LogP) is 1.67.